The van der Waals surface area contributed by atoms with Gasteiger partial charge in [-0.2, -0.15) is 0 Å². The second-order valence-electron chi connectivity index (χ2n) is 0.370. The van der Waals surface area contributed by atoms with E-state index in [0.717, 1.165) is 0 Å². The average Bonchev–Trinajstić information content (AvgIpc) is 1.41. The van der Waals surface area contributed by atoms with E-state index in [1.54, 1.807) is 6.66 Å². The molecule has 0 heterocycles. The lowest BCUT2D eigenvalue weighted by Crippen LogP contribution is -1.47. The molecule has 30 valence electrons. The molecule has 0 aliphatic carbocycles. The van der Waals surface area contributed by atoms with Crippen LogP contribution in [0.4, 0.5) is 0 Å². The first-order valence-electron chi connectivity index (χ1n) is 1.07. The van der Waals surface area contributed by atoms with E-state index in [2.05, 4.69) is 9.96 Å². The van der Waals surface area contributed by atoms with Crippen LogP contribution in [0.1, 0.15) is 0 Å². The van der Waals surface area contributed by atoms with E-state index < -0.39 is 0 Å². The first kappa shape index (κ1) is 4.83. The fraction of sp³-hybridized carbons (Fsp3) is 1.00. The zero-order valence-electron chi connectivity index (χ0n) is 2.76. The highest BCUT2D eigenvalue weighted by atomic mass is 31.1. The van der Waals surface area contributed by atoms with Crippen molar-refractivity contribution in [2.45, 2.75) is 0 Å². The summed E-state index contributed by atoms with van der Waals surface area (Å²) in [6, 6.07) is 0. The quantitative estimate of drug-likeness (QED) is 0.289. The highest BCUT2D eigenvalue weighted by Crippen LogP contribution is 2.01. The van der Waals surface area contributed by atoms with Crippen LogP contribution < -0.4 is 0 Å². The largest absolute Gasteiger partial charge is 0.349 e. The molecule has 1 atom stereocenters. The van der Waals surface area contributed by atoms with E-state index in [1.165, 1.54) is 0 Å². The highest BCUT2D eigenvalue weighted by molar-refractivity contribution is 7.31. The van der Waals surface area contributed by atoms with Crippen LogP contribution in [0.15, 0.2) is 5.34 Å². The molecule has 0 rings (SSSR count). The summed E-state index contributed by atoms with van der Waals surface area (Å²) in [4.78, 5) is 8.94. The molecule has 1 unspecified atom stereocenters. The summed E-state index contributed by atoms with van der Waals surface area (Å²) in [6.45, 7) is 1.72. The lowest BCUT2D eigenvalue weighted by molar-refractivity contribution is 0.388. The normalized spacial score (nSPS) is 9.00. The molecule has 0 spiro atoms. The second kappa shape index (κ2) is 3.83. The van der Waals surface area contributed by atoms with Crippen molar-refractivity contribution in [3.05, 3.63) is 4.91 Å². The summed E-state index contributed by atoms with van der Waals surface area (Å²) in [5.74, 6) is 0. The van der Waals surface area contributed by atoms with E-state index in [0.29, 0.717) is 0 Å². The van der Waals surface area contributed by atoms with Crippen LogP contribution in [0.2, 0.25) is 0 Å². The van der Waals surface area contributed by atoms with Crippen molar-refractivity contribution in [2.75, 3.05) is 6.66 Å². The summed E-state index contributed by atoms with van der Waals surface area (Å²) >= 11 is 0. The fourth-order valence-electron chi connectivity index (χ4n) is 0.0373. The third-order valence-corrected chi connectivity index (χ3v) is 0.386. The number of hydrogen-bond acceptors (Lipinski definition) is 3. The maximum absolute atomic E-state index is 8.94. The smallest absolute Gasteiger partial charge is 0.157 e. The minimum Gasteiger partial charge on any atom is -0.349 e. The molecular weight excluding hydrogens is 89.0 g/mol. The predicted molar refractivity (Wildman–Crippen MR) is 21.1 cm³/mol. The SMILES string of the molecule is CPON=O. The molecule has 0 aromatic rings. The topological polar surface area (TPSA) is 38.7 Å². The van der Waals surface area contributed by atoms with Crippen molar-refractivity contribution in [3.63, 3.8) is 0 Å². The standard InChI is InChI=1S/CH4NO2P/c1-5-4-2-3/h5H,1H3. The third-order valence-electron chi connectivity index (χ3n) is 0.129. The Morgan fingerprint density at radius 1 is 2.00 bits per heavy atom. The molecule has 0 aromatic carbocycles. The molecule has 0 amide bonds. The van der Waals surface area contributed by atoms with Crippen LogP contribution in [-0.4, -0.2) is 6.66 Å². The van der Waals surface area contributed by atoms with Gasteiger partial charge < -0.3 is 4.62 Å². The number of hydrogen-bond donors (Lipinski definition) is 0. The van der Waals surface area contributed by atoms with Gasteiger partial charge in [0.1, 0.15) is 8.81 Å². The van der Waals surface area contributed by atoms with Crippen LogP contribution in [0, 0.1) is 4.91 Å². The molecule has 0 radical (unpaired) electrons. The van der Waals surface area contributed by atoms with Gasteiger partial charge >= 0.3 is 0 Å². The molecule has 0 fully saturated rings. The molecule has 0 saturated carbocycles. The molecular formula is CH4NO2P. The molecule has 0 N–H and O–H groups in total. The Hall–Kier alpha value is -0.170. The fourth-order valence-corrected chi connectivity index (χ4v) is 0.112. The Morgan fingerprint density at radius 2 is 2.60 bits per heavy atom. The maximum atomic E-state index is 8.94. The van der Waals surface area contributed by atoms with E-state index in [4.69, 9.17) is 4.91 Å². The summed E-state index contributed by atoms with van der Waals surface area (Å²) in [5.41, 5.74) is 0. The van der Waals surface area contributed by atoms with Crippen molar-refractivity contribution in [1.29, 1.82) is 0 Å². The molecule has 0 aromatic heterocycles. The van der Waals surface area contributed by atoms with Gasteiger partial charge in [-0.1, -0.05) is 0 Å². The van der Waals surface area contributed by atoms with Crippen molar-refractivity contribution in [2.24, 2.45) is 5.34 Å². The first-order valence-corrected chi connectivity index (χ1v) is 2.48. The lowest BCUT2D eigenvalue weighted by Gasteiger charge is -1.75. The minimum atomic E-state index is 0.179. The first-order chi connectivity index (χ1) is 2.41. The number of nitrogens with zero attached hydrogens (tertiary/aromatic N) is 1. The van der Waals surface area contributed by atoms with E-state index in [1.807, 2.05) is 0 Å². The summed E-state index contributed by atoms with van der Waals surface area (Å²) < 4.78 is 3.93. The van der Waals surface area contributed by atoms with Gasteiger partial charge in [0.15, 0.2) is 5.34 Å². The Morgan fingerprint density at radius 3 is 2.60 bits per heavy atom. The van der Waals surface area contributed by atoms with Crippen LogP contribution in [0.5, 0.6) is 0 Å². The molecule has 3 nitrogen and oxygen atoms in total. The van der Waals surface area contributed by atoms with Gasteiger partial charge in [-0.15, -0.1) is 4.91 Å². The maximum Gasteiger partial charge on any atom is 0.157 e. The van der Waals surface area contributed by atoms with Gasteiger partial charge in [0.05, 0.1) is 0 Å². The Kier molecular flexibility index (Phi) is 3.70. The molecule has 4 heteroatoms. The average molecular weight is 93.0 g/mol. The van der Waals surface area contributed by atoms with Crippen LogP contribution in [0.25, 0.3) is 0 Å². The Labute approximate surface area is 31.5 Å². The summed E-state index contributed by atoms with van der Waals surface area (Å²) in [7, 11) is 0.179. The van der Waals surface area contributed by atoms with Gasteiger partial charge in [0.2, 0.25) is 0 Å². The second-order valence-corrected chi connectivity index (χ2v) is 0.961. The van der Waals surface area contributed by atoms with Crippen LogP contribution in [-0.2, 0) is 4.62 Å². The van der Waals surface area contributed by atoms with E-state index in [-0.39, 0.29) is 8.81 Å². The zero-order valence-corrected chi connectivity index (χ0v) is 3.76. The van der Waals surface area contributed by atoms with Crippen molar-refractivity contribution in [3.8, 4) is 0 Å². The van der Waals surface area contributed by atoms with Gasteiger partial charge in [-0.05, 0) is 6.66 Å². The lowest BCUT2D eigenvalue weighted by atomic mass is 12.0. The Bertz CT molecular complexity index is 30.8. The van der Waals surface area contributed by atoms with Crippen LogP contribution in [0.3, 0.4) is 0 Å². The van der Waals surface area contributed by atoms with Crippen molar-refractivity contribution < 1.29 is 4.62 Å². The molecule has 0 bridgehead atoms. The van der Waals surface area contributed by atoms with Crippen molar-refractivity contribution in [1.82, 2.24) is 0 Å². The van der Waals surface area contributed by atoms with Crippen molar-refractivity contribution >= 4 is 8.81 Å². The van der Waals surface area contributed by atoms with E-state index in [9.17, 15) is 0 Å². The van der Waals surface area contributed by atoms with Gasteiger partial charge in [0, 0.05) is 0 Å². The summed E-state index contributed by atoms with van der Waals surface area (Å²) in [6.07, 6.45) is 0. The molecule has 5 heavy (non-hydrogen) atoms. The van der Waals surface area contributed by atoms with Crippen LogP contribution >= 0.6 is 8.81 Å². The van der Waals surface area contributed by atoms with Gasteiger partial charge in [-0.3, -0.25) is 0 Å². The molecule has 0 saturated heterocycles. The van der Waals surface area contributed by atoms with Gasteiger partial charge in [0.25, 0.3) is 0 Å². The minimum absolute atomic E-state index is 0.179. The third kappa shape index (κ3) is 3.83. The number of rotatable bonds is 2. The zero-order chi connectivity index (χ0) is 4.12. The summed E-state index contributed by atoms with van der Waals surface area (Å²) in [5, 5.41) is 2.12. The molecule has 0 aliphatic rings. The van der Waals surface area contributed by atoms with E-state index >= 15 is 0 Å². The Balaban J connectivity index is 2.40. The molecule has 0 aliphatic heterocycles. The predicted octanol–water partition coefficient (Wildman–Crippen LogP) is 0.908. The monoisotopic (exact) mass is 93.0 g/mol. The van der Waals surface area contributed by atoms with Gasteiger partial charge in [-0.25, -0.2) is 0 Å². The highest BCUT2D eigenvalue weighted by Gasteiger charge is 1.62.